The second-order valence-corrected chi connectivity index (χ2v) is 12.8. The number of allylic oxidation sites excluding steroid dienone is 1. The van der Waals surface area contributed by atoms with Crippen molar-refractivity contribution in [2.75, 3.05) is 0 Å². The number of aromatic nitrogens is 2. The van der Waals surface area contributed by atoms with Gasteiger partial charge in [0.1, 0.15) is 11.2 Å². The van der Waals surface area contributed by atoms with Gasteiger partial charge in [-0.15, -0.1) is 0 Å². The number of hydrogen-bond donors (Lipinski definition) is 0. The maximum absolute atomic E-state index is 6.69. The average Bonchev–Trinajstić information content (AvgIpc) is 3.56. The van der Waals surface area contributed by atoms with Crippen molar-refractivity contribution in [1.29, 1.82) is 0 Å². The molecule has 7 aromatic carbocycles. The summed E-state index contributed by atoms with van der Waals surface area (Å²) in [5.41, 5.74) is 12.0. The molecule has 0 radical (unpaired) electrons. The Balaban J connectivity index is 1.17. The summed E-state index contributed by atoms with van der Waals surface area (Å²) in [4.78, 5) is 10.4. The minimum absolute atomic E-state index is 0.359. The smallest absolute Gasteiger partial charge is 0.161 e. The van der Waals surface area contributed by atoms with E-state index in [4.69, 9.17) is 14.4 Å². The van der Waals surface area contributed by atoms with Crippen molar-refractivity contribution in [2.24, 2.45) is 0 Å². The molecule has 9 aromatic rings. The highest BCUT2D eigenvalue weighted by Crippen LogP contribution is 2.44. The van der Waals surface area contributed by atoms with Crippen molar-refractivity contribution < 1.29 is 4.42 Å². The van der Waals surface area contributed by atoms with E-state index in [-0.39, 0.29) is 0 Å². The number of hydrogen-bond acceptors (Lipinski definition) is 3. The van der Waals surface area contributed by atoms with Crippen LogP contribution >= 0.6 is 0 Å². The zero-order valence-corrected chi connectivity index (χ0v) is 26.7. The Bertz CT molecular complexity index is 2740. The summed E-state index contributed by atoms with van der Waals surface area (Å²) >= 11 is 0. The van der Waals surface area contributed by atoms with Gasteiger partial charge in [0.25, 0.3) is 0 Å². The Morgan fingerprint density at radius 3 is 2.18 bits per heavy atom. The fourth-order valence-electron chi connectivity index (χ4n) is 7.74. The van der Waals surface area contributed by atoms with Crippen LogP contribution in [-0.2, 0) is 0 Å². The molecule has 0 amide bonds. The molecular formula is C46H30N2O. The van der Waals surface area contributed by atoms with Gasteiger partial charge in [0.05, 0.1) is 11.2 Å². The van der Waals surface area contributed by atoms with Crippen LogP contribution in [0.25, 0.3) is 83.5 Å². The van der Waals surface area contributed by atoms with Gasteiger partial charge in [-0.1, -0.05) is 146 Å². The lowest BCUT2D eigenvalue weighted by Gasteiger charge is -2.22. The third kappa shape index (κ3) is 4.51. The lowest BCUT2D eigenvalue weighted by molar-refractivity contribution is 0.673. The summed E-state index contributed by atoms with van der Waals surface area (Å²) in [7, 11) is 0. The Kier molecular flexibility index (Phi) is 6.31. The van der Waals surface area contributed by atoms with Gasteiger partial charge in [-0.05, 0) is 57.8 Å². The molecule has 0 saturated heterocycles. The normalized spacial score (nSPS) is 14.2. The molecule has 230 valence electrons. The molecule has 2 aromatic heterocycles. The first-order valence-electron chi connectivity index (χ1n) is 16.9. The third-order valence-corrected chi connectivity index (χ3v) is 10.1. The molecule has 2 heterocycles. The first kappa shape index (κ1) is 27.8. The molecule has 0 fully saturated rings. The highest BCUT2D eigenvalue weighted by Gasteiger charge is 2.22. The van der Waals surface area contributed by atoms with E-state index in [9.17, 15) is 0 Å². The fraction of sp³-hybridized carbons (Fsp3) is 0.0435. The molecule has 0 saturated carbocycles. The summed E-state index contributed by atoms with van der Waals surface area (Å²) in [6, 6.07) is 53.6. The lowest BCUT2D eigenvalue weighted by Crippen LogP contribution is -2.05. The molecule has 1 atom stereocenters. The van der Waals surface area contributed by atoms with Crippen molar-refractivity contribution >= 4 is 49.7 Å². The first-order chi connectivity index (χ1) is 24.3. The molecule has 1 aliphatic carbocycles. The van der Waals surface area contributed by atoms with Crippen molar-refractivity contribution in [2.45, 2.75) is 12.3 Å². The van der Waals surface area contributed by atoms with Crippen LogP contribution in [0.2, 0.25) is 0 Å². The zero-order valence-electron chi connectivity index (χ0n) is 26.7. The molecule has 0 N–H and O–H groups in total. The molecular weight excluding hydrogens is 597 g/mol. The van der Waals surface area contributed by atoms with Gasteiger partial charge in [0.15, 0.2) is 5.82 Å². The van der Waals surface area contributed by atoms with Crippen LogP contribution in [0.3, 0.4) is 0 Å². The van der Waals surface area contributed by atoms with Gasteiger partial charge in [-0.3, -0.25) is 0 Å². The predicted octanol–water partition coefficient (Wildman–Crippen LogP) is 12.2. The van der Waals surface area contributed by atoms with Crippen LogP contribution < -0.4 is 0 Å². The minimum Gasteiger partial charge on any atom is -0.455 e. The summed E-state index contributed by atoms with van der Waals surface area (Å²) < 4.78 is 6.69. The van der Waals surface area contributed by atoms with Crippen LogP contribution in [0.5, 0.6) is 0 Å². The molecule has 49 heavy (non-hydrogen) atoms. The second-order valence-electron chi connectivity index (χ2n) is 12.8. The molecule has 3 nitrogen and oxygen atoms in total. The monoisotopic (exact) mass is 626 g/mol. The molecule has 0 bridgehead atoms. The maximum Gasteiger partial charge on any atom is 0.161 e. The van der Waals surface area contributed by atoms with Crippen molar-refractivity contribution in [3.8, 4) is 33.8 Å². The fourth-order valence-corrected chi connectivity index (χ4v) is 7.74. The van der Waals surface area contributed by atoms with Crippen LogP contribution in [0.4, 0.5) is 0 Å². The van der Waals surface area contributed by atoms with Crippen molar-refractivity contribution in [3.05, 3.63) is 174 Å². The van der Waals surface area contributed by atoms with Gasteiger partial charge in [-0.25, -0.2) is 9.97 Å². The highest BCUT2D eigenvalue weighted by molar-refractivity contribution is 6.22. The Morgan fingerprint density at radius 2 is 1.31 bits per heavy atom. The van der Waals surface area contributed by atoms with E-state index in [1.807, 2.05) is 24.3 Å². The zero-order chi connectivity index (χ0) is 32.3. The third-order valence-electron chi connectivity index (χ3n) is 10.1. The van der Waals surface area contributed by atoms with Crippen LogP contribution in [-0.4, -0.2) is 9.97 Å². The van der Waals surface area contributed by atoms with E-state index in [2.05, 4.69) is 140 Å². The number of nitrogens with zero attached hydrogens (tertiary/aromatic N) is 2. The molecule has 3 heteroatoms. The number of benzene rings is 7. The van der Waals surface area contributed by atoms with E-state index in [0.29, 0.717) is 11.7 Å². The number of para-hydroxylation sites is 1. The van der Waals surface area contributed by atoms with Gasteiger partial charge >= 0.3 is 0 Å². The number of fused-ring (bicyclic) bond motifs is 7. The number of furan rings is 1. The van der Waals surface area contributed by atoms with Gasteiger partial charge in [0, 0.05) is 38.6 Å². The molecule has 10 rings (SSSR count). The Labute approximate surface area is 283 Å². The van der Waals surface area contributed by atoms with Gasteiger partial charge in [-0.2, -0.15) is 0 Å². The molecule has 1 unspecified atom stereocenters. The first-order valence-corrected chi connectivity index (χ1v) is 16.9. The highest BCUT2D eigenvalue weighted by atomic mass is 16.3. The van der Waals surface area contributed by atoms with Crippen LogP contribution in [0.15, 0.2) is 162 Å². The van der Waals surface area contributed by atoms with E-state index in [1.165, 1.54) is 33.2 Å². The van der Waals surface area contributed by atoms with E-state index < -0.39 is 0 Å². The van der Waals surface area contributed by atoms with Crippen LogP contribution in [0.1, 0.15) is 29.0 Å². The summed E-state index contributed by atoms with van der Waals surface area (Å²) in [6.07, 6.45) is 5.56. The minimum atomic E-state index is 0.359. The second kappa shape index (κ2) is 11.1. The van der Waals surface area contributed by atoms with Gasteiger partial charge < -0.3 is 4.42 Å². The largest absolute Gasteiger partial charge is 0.455 e. The molecule has 0 aliphatic heterocycles. The van der Waals surface area contributed by atoms with Crippen LogP contribution in [0, 0.1) is 0 Å². The quantitative estimate of drug-likeness (QED) is 0.195. The molecule has 1 aliphatic rings. The van der Waals surface area contributed by atoms with Crippen molar-refractivity contribution in [3.63, 3.8) is 0 Å². The Hall–Kier alpha value is -6.32. The summed E-state index contributed by atoms with van der Waals surface area (Å²) in [5.74, 6) is 1.05. The van der Waals surface area contributed by atoms with Gasteiger partial charge in [0.2, 0.25) is 0 Å². The molecule has 0 spiro atoms. The van der Waals surface area contributed by atoms with Crippen molar-refractivity contribution in [1.82, 2.24) is 9.97 Å². The maximum atomic E-state index is 6.69. The SMILES string of the molecule is C1=Cc2ccccc2C(c2ccc(-c3cc4c(oc5cccc(-c6nc(-c7ccccc7)c7ccccc7n6)c54)c4ccccc34)cc2)C1. The Morgan fingerprint density at radius 1 is 0.551 bits per heavy atom. The predicted molar refractivity (Wildman–Crippen MR) is 203 cm³/mol. The summed E-state index contributed by atoms with van der Waals surface area (Å²) in [6.45, 7) is 0. The van der Waals surface area contributed by atoms with E-state index in [1.54, 1.807) is 0 Å². The topological polar surface area (TPSA) is 38.9 Å². The number of rotatable bonds is 4. The standard InChI is InChI=1S/C46H30N2O/c1-2-13-32(14-3-1)44-37-19-8-9-22-41(37)47-46(48-44)38-21-11-23-42-43(38)40-28-39(35-17-6-7-18-36(35)45(40)49-42)31-26-24-30(25-27-31)34-20-10-15-29-12-4-5-16-33(29)34/h1-19,21-28,34H,20H2. The average molecular weight is 627 g/mol. The summed E-state index contributed by atoms with van der Waals surface area (Å²) in [5, 5.41) is 5.39. The van der Waals surface area contributed by atoms with E-state index >= 15 is 0 Å². The van der Waals surface area contributed by atoms with E-state index in [0.717, 1.165) is 61.5 Å². The lowest BCUT2D eigenvalue weighted by atomic mass is 9.82.